The highest BCUT2D eigenvalue weighted by Crippen LogP contribution is 2.39. The molecule has 4 heteroatoms. The summed E-state index contributed by atoms with van der Waals surface area (Å²) in [4.78, 5) is 11.6. The Morgan fingerprint density at radius 2 is 2.06 bits per heavy atom. The van der Waals surface area contributed by atoms with Crippen LogP contribution in [-0.2, 0) is 12.8 Å². The van der Waals surface area contributed by atoms with E-state index in [1.807, 2.05) is 25.2 Å². The van der Waals surface area contributed by atoms with Crippen molar-refractivity contribution in [3.63, 3.8) is 0 Å². The number of nitrogens with zero attached hydrogens (tertiary/aromatic N) is 2. The molecule has 0 amide bonds. The van der Waals surface area contributed by atoms with Crippen molar-refractivity contribution < 1.29 is 4.74 Å². The Morgan fingerprint density at radius 3 is 2.88 bits per heavy atom. The van der Waals surface area contributed by atoms with Gasteiger partial charge in [-0.3, -0.25) is 0 Å². The molecule has 2 aromatic rings. The molecule has 17 heavy (non-hydrogen) atoms. The van der Waals surface area contributed by atoms with Crippen LogP contribution in [0, 0.1) is 6.92 Å². The van der Waals surface area contributed by atoms with Crippen LogP contribution in [0.5, 0.6) is 5.88 Å². The van der Waals surface area contributed by atoms with E-state index in [0.717, 1.165) is 23.0 Å². The molecule has 0 atom stereocenters. The fourth-order valence-electron chi connectivity index (χ4n) is 2.47. The molecule has 0 unspecified atom stereocenters. The van der Waals surface area contributed by atoms with Gasteiger partial charge in [-0.2, -0.15) is 4.98 Å². The van der Waals surface area contributed by atoms with Crippen LogP contribution >= 0.6 is 11.3 Å². The molecule has 2 heterocycles. The van der Waals surface area contributed by atoms with E-state index >= 15 is 0 Å². The fourth-order valence-corrected chi connectivity index (χ4v) is 3.76. The molecule has 0 saturated heterocycles. The van der Waals surface area contributed by atoms with Gasteiger partial charge in [-0.15, -0.1) is 11.3 Å². The molecular weight excluding hydrogens is 232 g/mol. The summed E-state index contributed by atoms with van der Waals surface area (Å²) in [6.07, 6.45) is 4.93. The molecule has 1 aliphatic carbocycles. The summed E-state index contributed by atoms with van der Waals surface area (Å²) in [5, 5.41) is 1.18. The van der Waals surface area contributed by atoms with Gasteiger partial charge in [0.15, 0.2) is 0 Å². The van der Waals surface area contributed by atoms with Crippen LogP contribution < -0.4 is 4.74 Å². The molecule has 2 aromatic heterocycles. The highest BCUT2D eigenvalue weighted by Gasteiger charge is 2.21. The molecular formula is C13H16N2OS. The van der Waals surface area contributed by atoms with Crippen LogP contribution in [-0.4, -0.2) is 16.6 Å². The normalized spacial score (nSPS) is 14.9. The summed E-state index contributed by atoms with van der Waals surface area (Å²) in [7, 11) is 0. The Hall–Kier alpha value is -1.16. The number of aromatic nitrogens is 2. The summed E-state index contributed by atoms with van der Waals surface area (Å²) >= 11 is 1.82. The molecule has 0 bridgehead atoms. The van der Waals surface area contributed by atoms with E-state index in [0.29, 0.717) is 6.61 Å². The number of hydrogen-bond donors (Lipinski definition) is 0. The third-order valence-electron chi connectivity index (χ3n) is 3.17. The SMILES string of the molecule is CCOc1nc(C)nc2sc3c(c12)CCCC3. The quantitative estimate of drug-likeness (QED) is 0.818. The van der Waals surface area contributed by atoms with E-state index < -0.39 is 0 Å². The monoisotopic (exact) mass is 248 g/mol. The highest BCUT2D eigenvalue weighted by atomic mass is 32.1. The van der Waals surface area contributed by atoms with Gasteiger partial charge in [-0.05, 0) is 45.1 Å². The van der Waals surface area contributed by atoms with Crippen LogP contribution in [0.1, 0.15) is 36.0 Å². The lowest BCUT2D eigenvalue weighted by molar-refractivity contribution is 0.330. The fraction of sp³-hybridized carbons (Fsp3) is 0.538. The first kappa shape index (κ1) is 11.0. The summed E-state index contributed by atoms with van der Waals surface area (Å²) in [5.41, 5.74) is 1.44. The van der Waals surface area contributed by atoms with E-state index in [4.69, 9.17) is 4.74 Å². The van der Waals surface area contributed by atoms with E-state index in [1.165, 1.54) is 35.1 Å². The van der Waals surface area contributed by atoms with E-state index in [2.05, 4.69) is 9.97 Å². The van der Waals surface area contributed by atoms with Crippen LogP contribution in [0.15, 0.2) is 0 Å². The van der Waals surface area contributed by atoms with Crippen molar-refractivity contribution in [2.24, 2.45) is 0 Å². The Bertz CT molecular complexity index is 562. The maximum atomic E-state index is 5.68. The first-order valence-electron chi connectivity index (χ1n) is 6.21. The number of aryl methyl sites for hydroxylation is 3. The van der Waals surface area contributed by atoms with Gasteiger partial charge in [0.2, 0.25) is 5.88 Å². The minimum atomic E-state index is 0.663. The number of thiophene rings is 1. The maximum Gasteiger partial charge on any atom is 0.225 e. The van der Waals surface area contributed by atoms with E-state index in [9.17, 15) is 0 Å². The zero-order valence-corrected chi connectivity index (χ0v) is 11.1. The largest absolute Gasteiger partial charge is 0.477 e. The lowest BCUT2D eigenvalue weighted by Gasteiger charge is -2.11. The van der Waals surface area contributed by atoms with Gasteiger partial charge < -0.3 is 4.74 Å². The van der Waals surface area contributed by atoms with Gasteiger partial charge in [-0.1, -0.05) is 0 Å². The number of ether oxygens (including phenoxy) is 1. The first-order chi connectivity index (χ1) is 8.29. The average molecular weight is 248 g/mol. The Balaban J connectivity index is 2.26. The lowest BCUT2D eigenvalue weighted by atomic mass is 9.97. The number of fused-ring (bicyclic) bond motifs is 3. The second-order valence-corrected chi connectivity index (χ2v) is 5.48. The molecule has 90 valence electrons. The van der Waals surface area contributed by atoms with Gasteiger partial charge >= 0.3 is 0 Å². The van der Waals surface area contributed by atoms with E-state index in [-0.39, 0.29) is 0 Å². The average Bonchev–Trinajstić information content (AvgIpc) is 2.67. The van der Waals surface area contributed by atoms with Crippen molar-refractivity contribution in [1.29, 1.82) is 0 Å². The smallest absolute Gasteiger partial charge is 0.225 e. The van der Waals surface area contributed by atoms with Crippen molar-refractivity contribution >= 4 is 21.6 Å². The third-order valence-corrected chi connectivity index (χ3v) is 4.36. The second kappa shape index (κ2) is 4.26. The minimum Gasteiger partial charge on any atom is -0.477 e. The molecule has 0 spiro atoms. The van der Waals surface area contributed by atoms with Gasteiger partial charge in [0.25, 0.3) is 0 Å². The predicted molar refractivity (Wildman–Crippen MR) is 70.0 cm³/mol. The summed E-state index contributed by atoms with van der Waals surface area (Å²) in [6.45, 7) is 4.60. The topological polar surface area (TPSA) is 35.0 Å². The molecule has 3 rings (SSSR count). The zero-order chi connectivity index (χ0) is 11.8. The Labute approximate surface area is 105 Å². The number of hydrogen-bond acceptors (Lipinski definition) is 4. The molecule has 0 aliphatic heterocycles. The first-order valence-corrected chi connectivity index (χ1v) is 7.03. The Morgan fingerprint density at radius 1 is 1.24 bits per heavy atom. The molecule has 3 nitrogen and oxygen atoms in total. The van der Waals surface area contributed by atoms with Crippen LogP contribution in [0.4, 0.5) is 0 Å². The van der Waals surface area contributed by atoms with Crippen molar-refractivity contribution in [3.05, 3.63) is 16.3 Å². The van der Waals surface area contributed by atoms with Crippen molar-refractivity contribution in [3.8, 4) is 5.88 Å². The van der Waals surface area contributed by atoms with Crippen LogP contribution in [0.25, 0.3) is 10.2 Å². The summed E-state index contributed by atoms with van der Waals surface area (Å²) in [6, 6.07) is 0. The van der Waals surface area contributed by atoms with Crippen LogP contribution in [0.2, 0.25) is 0 Å². The summed E-state index contributed by atoms with van der Waals surface area (Å²) < 4.78 is 5.68. The molecule has 0 fully saturated rings. The molecule has 0 radical (unpaired) electrons. The summed E-state index contributed by atoms with van der Waals surface area (Å²) in [5.74, 6) is 1.59. The molecule has 1 aliphatic rings. The standard InChI is InChI=1S/C13H16N2OS/c1-3-16-12-11-9-6-4-5-7-10(9)17-13(11)15-8(2)14-12/h3-7H2,1-2H3. The molecule has 0 N–H and O–H groups in total. The van der Waals surface area contributed by atoms with Gasteiger partial charge in [0, 0.05) is 4.88 Å². The zero-order valence-electron chi connectivity index (χ0n) is 10.2. The van der Waals surface area contributed by atoms with Crippen molar-refractivity contribution in [1.82, 2.24) is 9.97 Å². The lowest BCUT2D eigenvalue weighted by Crippen LogP contribution is -2.02. The Kier molecular flexibility index (Phi) is 2.74. The van der Waals surface area contributed by atoms with Gasteiger partial charge in [-0.25, -0.2) is 4.98 Å². The third kappa shape index (κ3) is 1.80. The van der Waals surface area contributed by atoms with Crippen molar-refractivity contribution in [2.75, 3.05) is 6.61 Å². The highest BCUT2D eigenvalue weighted by molar-refractivity contribution is 7.18. The second-order valence-electron chi connectivity index (χ2n) is 4.40. The van der Waals surface area contributed by atoms with E-state index in [1.54, 1.807) is 0 Å². The maximum absolute atomic E-state index is 5.68. The minimum absolute atomic E-state index is 0.663. The van der Waals surface area contributed by atoms with Gasteiger partial charge in [0.05, 0.1) is 12.0 Å². The van der Waals surface area contributed by atoms with Crippen LogP contribution in [0.3, 0.4) is 0 Å². The molecule has 0 saturated carbocycles. The predicted octanol–water partition coefficient (Wildman–Crippen LogP) is 3.28. The van der Waals surface area contributed by atoms with Gasteiger partial charge in [0.1, 0.15) is 10.7 Å². The van der Waals surface area contributed by atoms with Crippen molar-refractivity contribution in [2.45, 2.75) is 39.5 Å². The number of rotatable bonds is 2. The molecule has 0 aromatic carbocycles.